The van der Waals surface area contributed by atoms with E-state index in [0.29, 0.717) is 58.6 Å². The number of morpholine rings is 1. The summed E-state index contributed by atoms with van der Waals surface area (Å²) in [5.41, 5.74) is 1.13. The van der Waals surface area contributed by atoms with Crippen LogP contribution in [0.4, 0.5) is 5.69 Å². The number of carbonyl (C=O) groups excluding carboxylic acids is 1. The van der Waals surface area contributed by atoms with Crippen LogP contribution in [0.5, 0.6) is 0 Å². The average molecular weight is 599 g/mol. The van der Waals surface area contributed by atoms with Gasteiger partial charge in [0.1, 0.15) is 0 Å². The van der Waals surface area contributed by atoms with E-state index in [2.05, 4.69) is 15.5 Å². The van der Waals surface area contributed by atoms with Crippen molar-refractivity contribution in [3.8, 4) is 11.4 Å². The maximum atomic E-state index is 13.2. The third kappa shape index (κ3) is 6.52. The van der Waals surface area contributed by atoms with Gasteiger partial charge in [-0.3, -0.25) is 9.36 Å². The molecule has 2 unspecified atom stereocenters. The summed E-state index contributed by atoms with van der Waals surface area (Å²) in [6.07, 6.45) is 0.784. The van der Waals surface area contributed by atoms with Crippen molar-refractivity contribution in [1.82, 2.24) is 19.1 Å². The fourth-order valence-corrected chi connectivity index (χ4v) is 6.88. The molecule has 0 spiro atoms. The average Bonchev–Trinajstić information content (AvgIpc) is 3.31. The minimum Gasteiger partial charge on any atom is -0.379 e. The van der Waals surface area contributed by atoms with Gasteiger partial charge in [-0.05, 0) is 50.6 Å². The highest BCUT2D eigenvalue weighted by Crippen LogP contribution is 2.33. The summed E-state index contributed by atoms with van der Waals surface area (Å²) in [5.74, 6) is 0.294. The van der Waals surface area contributed by atoms with Gasteiger partial charge in [-0.15, -0.1) is 10.2 Å². The minimum atomic E-state index is -3.67. The van der Waals surface area contributed by atoms with Crippen LogP contribution < -0.4 is 5.32 Å². The fraction of sp³-hybridized carbons (Fsp3) is 0.400. The van der Waals surface area contributed by atoms with Crippen molar-refractivity contribution in [2.24, 2.45) is 0 Å². The standard InChI is InChI=1S/C25H29Cl2N5O4S2/c1-4-16(2)32-23(18-6-5-7-22(12-18)38(34,35)31-8-10-36-11-9-31)29-30-25(32)37-17(3)24(33)28-21-14-19(26)13-20(27)15-21/h5-7,12-17H,4,8-11H2,1-3H3,(H,28,33). The van der Waals surface area contributed by atoms with E-state index in [1.54, 1.807) is 43.3 Å². The molecule has 1 aliphatic rings. The number of hydrogen-bond donors (Lipinski definition) is 1. The second-order valence-corrected chi connectivity index (χ2v) is 13.0. The zero-order valence-corrected chi connectivity index (χ0v) is 24.4. The molecule has 0 radical (unpaired) electrons. The molecule has 1 aliphatic heterocycles. The van der Waals surface area contributed by atoms with E-state index < -0.39 is 15.3 Å². The summed E-state index contributed by atoms with van der Waals surface area (Å²) in [5, 5.41) is 12.5. The van der Waals surface area contributed by atoms with Gasteiger partial charge in [-0.25, -0.2) is 8.42 Å². The number of amides is 1. The Morgan fingerprint density at radius 1 is 1.11 bits per heavy atom. The van der Waals surface area contributed by atoms with Gasteiger partial charge in [-0.1, -0.05) is 54.0 Å². The van der Waals surface area contributed by atoms with Crippen LogP contribution in [0.2, 0.25) is 10.0 Å². The normalized spacial score (nSPS) is 16.2. The third-order valence-electron chi connectivity index (χ3n) is 6.18. The van der Waals surface area contributed by atoms with E-state index in [1.807, 2.05) is 24.5 Å². The molecule has 9 nitrogen and oxygen atoms in total. The van der Waals surface area contributed by atoms with E-state index in [-0.39, 0.29) is 16.8 Å². The van der Waals surface area contributed by atoms with Crippen LogP contribution in [-0.2, 0) is 19.6 Å². The highest BCUT2D eigenvalue weighted by molar-refractivity contribution is 8.00. The van der Waals surface area contributed by atoms with Crippen LogP contribution in [0, 0.1) is 0 Å². The SMILES string of the molecule is CCC(C)n1c(SC(C)C(=O)Nc2cc(Cl)cc(Cl)c2)nnc1-c1cccc(S(=O)(=O)N2CCOCC2)c1. The lowest BCUT2D eigenvalue weighted by atomic mass is 10.2. The number of anilines is 1. The van der Waals surface area contributed by atoms with Crippen LogP contribution in [0.1, 0.15) is 33.2 Å². The highest BCUT2D eigenvalue weighted by Gasteiger charge is 2.28. The number of hydrogen-bond acceptors (Lipinski definition) is 7. The smallest absolute Gasteiger partial charge is 0.243 e. The maximum Gasteiger partial charge on any atom is 0.243 e. The molecule has 1 aromatic heterocycles. The molecular formula is C25H29Cl2N5O4S2. The van der Waals surface area contributed by atoms with Gasteiger partial charge in [-0.2, -0.15) is 4.31 Å². The Bertz CT molecular complexity index is 1390. The number of nitrogens with one attached hydrogen (secondary N) is 1. The summed E-state index contributed by atoms with van der Waals surface area (Å²) >= 11 is 13.4. The number of carbonyl (C=O) groups is 1. The second-order valence-electron chi connectivity index (χ2n) is 8.89. The quantitative estimate of drug-likeness (QED) is 0.331. The molecule has 38 heavy (non-hydrogen) atoms. The first kappa shape index (κ1) is 28.8. The van der Waals surface area contributed by atoms with Crippen molar-refractivity contribution in [3.63, 3.8) is 0 Å². The topological polar surface area (TPSA) is 106 Å². The van der Waals surface area contributed by atoms with Crippen LogP contribution in [0.15, 0.2) is 52.5 Å². The largest absolute Gasteiger partial charge is 0.379 e. The third-order valence-corrected chi connectivity index (χ3v) is 9.57. The molecule has 4 rings (SSSR count). The Morgan fingerprint density at radius 3 is 2.45 bits per heavy atom. The van der Waals surface area contributed by atoms with E-state index in [4.69, 9.17) is 27.9 Å². The summed E-state index contributed by atoms with van der Waals surface area (Å²) in [6.45, 7) is 7.23. The van der Waals surface area contributed by atoms with E-state index in [9.17, 15) is 13.2 Å². The molecule has 1 saturated heterocycles. The summed E-state index contributed by atoms with van der Waals surface area (Å²) < 4.78 is 35.1. The lowest BCUT2D eigenvalue weighted by Gasteiger charge is -2.26. The van der Waals surface area contributed by atoms with Gasteiger partial charge in [0.2, 0.25) is 15.9 Å². The molecule has 2 aromatic carbocycles. The molecule has 204 valence electrons. The van der Waals surface area contributed by atoms with Gasteiger partial charge >= 0.3 is 0 Å². The Kier molecular flexibility index (Phi) is 9.38. The van der Waals surface area contributed by atoms with E-state index in [0.717, 1.165) is 6.42 Å². The molecule has 0 bridgehead atoms. The predicted octanol–water partition coefficient (Wildman–Crippen LogP) is 5.36. The van der Waals surface area contributed by atoms with E-state index >= 15 is 0 Å². The predicted molar refractivity (Wildman–Crippen MR) is 150 cm³/mol. The lowest BCUT2D eigenvalue weighted by Crippen LogP contribution is -2.40. The minimum absolute atomic E-state index is 0.00371. The second kappa shape index (κ2) is 12.4. The zero-order chi connectivity index (χ0) is 27.4. The maximum absolute atomic E-state index is 13.2. The fourth-order valence-electron chi connectivity index (χ4n) is 3.95. The molecule has 1 N–H and O–H groups in total. The van der Waals surface area contributed by atoms with Gasteiger partial charge in [0.15, 0.2) is 11.0 Å². The van der Waals surface area contributed by atoms with Crippen LogP contribution >= 0.6 is 35.0 Å². The number of rotatable bonds is 9. The Balaban J connectivity index is 1.60. The molecule has 13 heteroatoms. The number of sulfonamides is 1. The van der Waals surface area contributed by atoms with Crippen molar-refractivity contribution in [3.05, 3.63) is 52.5 Å². The molecule has 1 amide bonds. The molecule has 2 heterocycles. The first-order chi connectivity index (χ1) is 18.1. The first-order valence-electron chi connectivity index (χ1n) is 12.2. The molecule has 0 aliphatic carbocycles. The molecule has 3 aromatic rings. The van der Waals surface area contributed by atoms with Crippen LogP contribution in [0.3, 0.4) is 0 Å². The van der Waals surface area contributed by atoms with Crippen molar-refractivity contribution in [2.45, 2.75) is 48.5 Å². The van der Waals surface area contributed by atoms with Crippen LogP contribution in [0.25, 0.3) is 11.4 Å². The van der Waals surface area contributed by atoms with E-state index in [1.165, 1.54) is 16.1 Å². The molecular weight excluding hydrogens is 569 g/mol. The first-order valence-corrected chi connectivity index (χ1v) is 15.2. The van der Waals surface area contributed by atoms with Crippen molar-refractivity contribution >= 4 is 56.6 Å². The molecule has 1 fully saturated rings. The highest BCUT2D eigenvalue weighted by atomic mass is 35.5. The number of thioether (sulfide) groups is 1. The van der Waals surface area contributed by atoms with Gasteiger partial charge in [0.05, 0.1) is 23.4 Å². The lowest BCUT2D eigenvalue weighted by molar-refractivity contribution is -0.115. The Hall–Kier alpha value is -2.15. The Labute approximate surface area is 236 Å². The molecule has 0 saturated carbocycles. The summed E-state index contributed by atoms with van der Waals surface area (Å²) in [7, 11) is -3.67. The van der Waals surface area contributed by atoms with Gasteiger partial charge in [0, 0.05) is 40.4 Å². The number of nitrogens with zero attached hydrogens (tertiary/aromatic N) is 4. The number of benzene rings is 2. The van der Waals surface area contributed by atoms with Crippen molar-refractivity contribution in [1.29, 1.82) is 0 Å². The Morgan fingerprint density at radius 2 is 1.79 bits per heavy atom. The number of halogens is 2. The number of aromatic nitrogens is 3. The summed E-state index contributed by atoms with van der Waals surface area (Å²) in [6, 6.07) is 11.6. The zero-order valence-electron chi connectivity index (χ0n) is 21.2. The van der Waals surface area contributed by atoms with Crippen molar-refractivity contribution < 1.29 is 17.9 Å². The number of ether oxygens (including phenoxy) is 1. The summed E-state index contributed by atoms with van der Waals surface area (Å²) in [4.78, 5) is 13.1. The van der Waals surface area contributed by atoms with Gasteiger partial charge in [0.25, 0.3) is 0 Å². The monoisotopic (exact) mass is 597 g/mol. The van der Waals surface area contributed by atoms with Gasteiger partial charge < -0.3 is 10.1 Å². The van der Waals surface area contributed by atoms with Crippen LogP contribution in [-0.4, -0.2) is 64.9 Å². The molecule has 2 atom stereocenters. The van der Waals surface area contributed by atoms with Crippen molar-refractivity contribution in [2.75, 3.05) is 31.6 Å².